The SMILES string of the molecule is CCc1ccc(N2C(=O)C(Cl)=C(Nc3cccc(C(=O)Nc4ccc(OC)cc4OC)c3)C2=O)cc1. The van der Waals surface area contributed by atoms with Gasteiger partial charge in [0.1, 0.15) is 22.2 Å². The summed E-state index contributed by atoms with van der Waals surface area (Å²) in [5, 5.41) is 5.48. The summed E-state index contributed by atoms with van der Waals surface area (Å²) < 4.78 is 10.5. The number of imide groups is 1. The van der Waals surface area contributed by atoms with Crippen LogP contribution in [0.1, 0.15) is 22.8 Å². The van der Waals surface area contributed by atoms with Crippen LogP contribution >= 0.6 is 11.6 Å². The third kappa shape index (κ3) is 4.89. The Labute approximate surface area is 213 Å². The van der Waals surface area contributed by atoms with E-state index in [2.05, 4.69) is 10.6 Å². The number of nitrogens with one attached hydrogen (secondary N) is 2. The average Bonchev–Trinajstić information content (AvgIpc) is 3.12. The molecule has 9 heteroatoms. The smallest absolute Gasteiger partial charge is 0.283 e. The van der Waals surface area contributed by atoms with Crippen molar-refractivity contribution in [3.63, 3.8) is 0 Å². The van der Waals surface area contributed by atoms with Gasteiger partial charge in [-0.25, -0.2) is 4.90 Å². The lowest BCUT2D eigenvalue weighted by Gasteiger charge is -2.16. The minimum Gasteiger partial charge on any atom is -0.497 e. The third-order valence-corrected chi connectivity index (χ3v) is 6.03. The van der Waals surface area contributed by atoms with Crippen molar-refractivity contribution in [2.45, 2.75) is 13.3 Å². The summed E-state index contributed by atoms with van der Waals surface area (Å²) in [4.78, 5) is 39.7. The molecule has 36 heavy (non-hydrogen) atoms. The molecule has 0 radical (unpaired) electrons. The number of carbonyl (C=O) groups excluding carboxylic acids is 3. The van der Waals surface area contributed by atoms with Crippen molar-refractivity contribution >= 4 is 46.4 Å². The van der Waals surface area contributed by atoms with Crippen molar-refractivity contribution in [1.29, 1.82) is 0 Å². The standard InChI is InChI=1S/C27H24ClN3O5/c1-4-16-8-10-19(11-9-16)31-26(33)23(28)24(27(31)34)29-18-7-5-6-17(14-18)25(32)30-21-13-12-20(35-2)15-22(21)36-3/h5-15,29H,4H2,1-3H3,(H,30,32). The van der Waals surface area contributed by atoms with E-state index in [1.165, 1.54) is 14.2 Å². The van der Waals surface area contributed by atoms with E-state index in [1.54, 1.807) is 54.6 Å². The first kappa shape index (κ1) is 24.8. The van der Waals surface area contributed by atoms with E-state index in [9.17, 15) is 14.4 Å². The Balaban J connectivity index is 1.52. The first-order valence-electron chi connectivity index (χ1n) is 11.1. The Morgan fingerprint density at radius 3 is 2.36 bits per heavy atom. The zero-order valence-electron chi connectivity index (χ0n) is 19.9. The van der Waals surface area contributed by atoms with Crippen molar-refractivity contribution in [3.05, 3.63) is 88.6 Å². The molecule has 0 aromatic heterocycles. The summed E-state index contributed by atoms with van der Waals surface area (Å²) in [6.07, 6.45) is 0.836. The van der Waals surface area contributed by atoms with Gasteiger partial charge in [-0.1, -0.05) is 36.7 Å². The number of anilines is 3. The van der Waals surface area contributed by atoms with Crippen molar-refractivity contribution in [2.24, 2.45) is 0 Å². The summed E-state index contributed by atoms with van der Waals surface area (Å²) in [5.74, 6) is -0.557. The molecule has 0 saturated heterocycles. The predicted molar refractivity (Wildman–Crippen MR) is 139 cm³/mol. The molecule has 4 rings (SSSR count). The number of methoxy groups -OCH3 is 2. The van der Waals surface area contributed by atoms with Gasteiger partial charge in [0, 0.05) is 17.3 Å². The van der Waals surface area contributed by atoms with Crippen LogP contribution in [0.25, 0.3) is 0 Å². The van der Waals surface area contributed by atoms with Gasteiger partial charge in [-0.3, -0.25) is 14.4 Å². The Morgan fingerprint density at radius 2 is 1.69 bits per heavy atom. The molecule has 1 aliphatic heterocycles. The number of aryl methyl sites for hydroxylation is 1. The lowest BCUT2D eigenvalue weighted by Crippen LogP contribution is -2.32. The van der Waals surface area contributed by atoms with Gasteiger partial charge in [-0.2, -0.15) is 0 Å². The molecule has 0 bridgehead atoms. The number of hydrogen-bond acceptors (Lipinski definition) is 6. The second kappa shape index (κ2) is 10.5. The number of rotatable bonds is 8. The molecule has 0 spiro atoms. The second-order valence-corrected chi connectivity index (χ2v) is 8.26. The van der Waals surface area contributed by atoms with Gasteiger partial charge in [0.05, 0.1) is 25.6 Å². The van der Waals surface area contributed by atoms with Crippen LogP contribution in [-0.2, 0) is 16.0 Å². The summed E-state index contributed by atoms with van der Waals surface area (Å²) in [5.41, 5.74) is 2.65. The normalized spacial score (nSPS) is 13.2. The monoisotopic (exact) mass is 505 g/mol. The molecule has 3 aromatic carbocycles. The van der Waals surface area contributed by atoms with Gasteiger partial charge < -0.3 is 20.1 Å². The van der Waals surface area contributed by atoms with Gasteiger partial charge in [-0.05, 0) is 54.4 Å². The van der Waals surface area contributed by atoms with E-state index in [0.717, 1.165) is 16.9 Å². The van der Waals surface area contributed by atoms with Crippen molar-refractivity contribution in [2.75, 3.05) is 29.8 Å². The predicted octanol–water partition coefficient (Wildman–Crippen LogP) is 4.95. The van der Waals surface area contributed by atoms with E-state index < -0.39 is 17.7 Å². The van der Waals surface area contributed by atoms with Crippen LogP contribution in [-0.4, -0.2) is 31.9 Å². The summed E-state index contributed by atoms with van der Waals surface area (Å²) in [6.45, 7) is 2.02. The largest absolute Gasteiger partial charge is 0.497 e. The van der Waals surface area contributed by atoms with Crippen molar-refractivity contribution in [3.8, 4) is 11.5 Å². The number of hydrogen-bond donors (Lipinski definition) is 2. The van der Waals surface area contributed by atoms with Gasteiger partial charge in [0.15, 0.2) is 0 Å². The van der Waals surface area contributed by atoms with Crippen molar-refractivity contribution in [1.82, 2.24) is 0 Å². The van der Waals surface area contributed by atoms with Crippen molar-refractivity contribution < 1.29 is 23.9 Å². The minimum atomic E-state index is -0.617. The number of halogens is 1. The molecule has 0 fully saturated rings. The maximum Gasteiger partial charge on any atom is 0.283 e. The van der Waals surface area contributed by atoms with Gasteiger partial charge in [0.2, 0.25) is 0 Å². The second-order valence-electron chi connectivity index (χ2n) is 7.88. The molecular formula is C27H24ClN3O5. The van der Waals surface area contributed by atoms with Crippen LogP contribution in [0.2, 0.25) is 0 Å². The van der Waals surface area contributed by atoms with Crippen LogP contribution in [0.4, 0.5) is 17.1 Å². The van der Waals surface area contributed by atoms with E-state index >= 15 is 0 Å². The van der Waals surface area contributed by atoms with Crippen LogP contribution in [0.5, 0.6) is 11.5 Å². The zero-order chi connectivity index (χ0) is 25.8. The zero-order valence-corrected chi connectivity index (χ0v) is 20.7. The van der Waals surface area contributed by atoms with E-state index in [1.807, 2.05) is 19.1 Å². The van der Waals surface area contributed by atoms with Crippen LogP contribution in [0.15, 0.2) is 77.5 Å². The van der Waals surface area contributed by atoms with Gasteiger partial charge in [0.25, 0.3) is 17.7 Å². The summed E-state index contributed by atoms with van der Waals surface area (Å²) in [7, 11) is 3.03. The van der Waals surface area contributed by atoms with Gasteiger partial charge >= 0.3 is 0 Å². The van der Waals surface area contributed by atoms with Crippen LogP contribution in [0.3, 0.4) is 0 Å². The first-order chi connectivity index (χ1) is 17.4. The topological polar surface area (TPSA) is 97.0 Å². The molecule has 3 amide bonds. The molecule has 1 heterocycles. The molecule has 184 valence electrons. The Kier molecular flexibility index (Phi) is 7.26. The fraction of sp³-hybridized carbons (Fsp3) is 0.148. The Hall–Kier alpha value is -4.30. The highest BCUT2D eigenvalue weighted by Crippen LogP contribution is 2.32. The van der Waals surface area contributed by atoms with Crippen LogP contribution < -0.4 is 25.0 Å². The lowest BCUT2D eigenvalue weighted by molar-refractivity contribution is -0.120. The number of amides is 3. The minimum absolute atomic E-state index is 0.0596. The molecule has 1 aliphatic rings. The molecule has 0 unspecified atom stereocenters. The van der Waals surface area contributed by atoms with E-state index in [-0.39, 0.29) is 10.7 Å². The highest BCUT2D eigenvalue weighted by atomic mass is 35.5. The number of benzene rings is 3. The molecule has 0 aliphatic carbocycles. The molecule has 3 aromatic rings. The van der Waals surface area contributed by atoms with Gasteiger partial charge in [-0.15, -0.1) is 0 Å². The Morgan fingerprint density at radius 1 is 0.944 bits per heavy atom. The molecular weight excluding hydrogens is 482 g/mol. The maximum atomic E-state index is 13.1. The maximum absolute atomic E-state index is 13.1. The lowest BCUT2D eigenvalue weighted by atomic mass is 10.1. The highest BCUT2D eigenvalue weighted by molar-refractivity contribution is 6.53. The molecule has 2 N–H and O–H groups in total. The fourth-order valence-corrected chi connectivity index (χ4v) is 3.92. The van der Waals surface area contributed by atoms with E-state index in [4.69, 9.17) is 21.1 Å². The quantitative estimate of drug-likeness (QED) is 0.420. The van der Waals surface area contributed by atoms with Crippen LogP contribution in [0, 0.1) is 0 Å². The average molecular weight is 506 g/mol. The Bertz CT molecular complexity index is 1370. The molecule has 8 nitrogen and oxygen atoms in total. The third-order valence-electron chi connectivity index (χ3n) is 5.68. The molecule has 0 saturated carbocycles. The first-order valence-corrected chi connectivity index (χ1v) is 11.5. The number of carbonyl (C=O) groups is 3. The fourth-order valence-electron chi connectivity index (χ4n) is 3.71. The highest BCUT2D eigenvalue weighted by Gasteiger charge is 2.39. The number of nitrogens with zero attached hydrogens (tertiary/aromatic N) is 1. The van der Waals surface area contributed by atoms with E-state index in [0.29, 0.717) is 34.1 Å². The molecule has 0 atom stereocenters. The summed E-state index contributed by atoms with van der Waals surface area (Å²) in [6, 6.07) is 18.7. The summed E-state index contributed by atoms with van der Waals surface area (Å²) >= 11 is 6.25. The number of ether oxygens (including phenoxy) is 2.